The SMILES string of the molecule is Cc1ccnc(Cl)c1NC(=O)c1cc(F)c(N(C)/N=C2/COCCN2C=O)cc1OCC(F)(F)F. The van der Waals surface area contributed by atoms with E-state index in [-0.39, 0.29) is 42.1 Å². The Morgan fingerprint density at radius 1 is 1.43 bits per heavy atom. The fraction of sp³-hybridized carbons (Fsp3) is 0.333. The predicted octanol–water partition coefficient (Wildman–Crippen LogP) is 3.61. The molecule has 2 aromatic rings. The molecule has 0 bridgehead atoms. The summed E-state index contributed by atoms with van der Waals surface area (Å²) < 4.78 is 63.6. The van der Waals surface area contributed by atoms with Gasteiger partial charge < -0.3 is 14.8 Å². The smallest absolute Gasteiger partial charge is 0.422 e. The number of halogens is 5. The normalized spacial score (nSPS) is 15.2. The van der Waals surface area contributed by atoms with Crippen molar-refractivity contribution < 1.29 is 36.6 Å². The minimum atomic E-state index is -4.72. The van der Waals surface area contributed by atoms with Crippen LogP contribution in [-0.4, -0.2) is 67.6 Å². The third-order valence-electron chi connectivity index (χ3n) is 4.82. The molecule has 1 saturated heterocycles. The van der Waals surface area contributed by atoms with Crippen LogP contribution < -0.4 is 15.1 Å². The molecule has 0 spiro atoms. The molecular weight excluding hydrogens is 498 g/mol. The highest BCUT2D eigenvalue weighted by molar-refractivity contribution is 6.33. The van der Waals surface area contributed by atoms with E-state index in [0.717, 1.165) is 17.1 Å². The monoisotopic (exact) mass is 517 g/mol. The van der Waals surface area contributed by atoms with Crippen molar-refractivity contribution in [3.8, 4) is 5.75 Å². The Labute approximate surface area is 202 Å². The van der Waals surface area contributed by atoms with Crippen LogP contribution in [-0.2, 0) is 9.53 Å². The van der Waals surface area contributed by atoms with Crippen molar-refractivity contribution in [1.82, 2.24) is 9.88 Å². The van der Waals surface area contributed by atoms with E-state index in [4.69, 9.17) is 21.1 Å². The Kier molecular flexibility index (Phi) is 8.12. The molecule has 3 rings (SSSR count). The number of hydrazone groups is 1. The largest absolute Gasteiger partial charge is 0.483 e. The summed E-state index contributed by atoms with van der Waals surface area (Å²) in [6.45, 7) is 0.382. The van der Waals surface area contributed by atoms with Crippen molar-refractivity contribution in [3.63, 3.8) is 0 Å². The van der Waals surface area contributed by atoms with Crippen LogP contribution in [0.25, 0.3) is 0 Å². The highest BCUT2D eigenvalue weighted by Crippen LogP contribution is 2.32. The van der Waals surface area contributed by atoms with Gasteiger partial charge in [0.05, 0.1) is 30.1 Å². The summed E-state index contributed by atoms with van der Waals surface area (Å²) in [4.78, 5) is 29.2. The number of rotatable bonds is 7. The molecular formula is C21H20ClF4N5O4. The Bertz CT molecular complexity index is 1130. The molecule has 1 fully saturated rings. The summed E-state index contributed by atoms with van der Waals surface area (Å²) >= 11 is 6.00. The molecule has 0 radical (unpaired) electrons. The molecule has 1 aromatic carbocycles. The average molecular weight is 518 g/mol. The van der Waals surface area contributed by atoms with Gasteiger partial charge in [-0.3, -0.25) is 19.5 Å². The first-order valence-corrected chi connectivity index (χ1v) is 10.4. The van der Waals surface area contributed by atoms with Crippen molar-refractivity contribution in [2.75, 3.05) is 43.7 Å². The Balaban J connectivity index is 1.99. The zero-order valence-electron chi connectivity index (χ0n) is 18.5. The van der Waals surface area contributed by atoms with Crippen LogP contribution in [0.5, 0.6) is 5.75 Å². The molecule has 1 aliphatic rings. The molecule has 0 saturated carbocycles. The Morgan fingerprint density at radius 2 is 2.17 bits per heavy atom. The molecule has 2 amide bonds. The molecule has 2 heterocycles. The molecule has 0 aliphatic carbocycles. The molecule has 1 N–H and O–H groups in total. The maximum atomic E-state index is 15.0. The topological polar surface area (TPSA) is 96.4 Å². The number of aromatic nitrogens is 1. The maximum absolute atomic E-state index is 15.0. The molecule has 0 atom stereocenters. The molecule has 1 aromatic heterocycles. The number of anilines is 2. The second-order valence-corrected chi connectivity index (χ2v) is 7.70. The number of amidine groups is 1. The third kappa shape index (κ3) is 6.57. The van der Waals surface area contributed by atoms with E-state index >= 15 is 4.39 Å². The number of ether oxygens (including phenoxy) is 2. The van der Waals surface area contributed by atoms with E-state index < -0.39 is 35.8 Å². The number of benzene rings is 1. The lowest BCUT2D eigenvalue weighted by Gasteiger charge is -2.26. The van der Waals surface area contributed by atoms with Crippen LogP contribution in [0.2, 0.25) is 5.15 Å². The first-order valence-electron chi connectivity index (χ1n) is 10.1. The number of nitrogens with one attached hydrogen (secondary N) is 1. The summed E-state index contributed by atoms with van der Waals surface area (Å²) in [5.74, 6) is -2.33. The number of alkyl halides is 3. The van der Waals surface area contributed by atoms with Gasteiger partial charge >= 0.3 is 6.18 Å². The lowest BCUT2D eigenvalue weighted by Crippen LogP contribution is -2.42. The number of aryl methyl sites for hydroxylation is 1. The van der Waals surface area contributed by atoms with Crippen LogP contribution in [0.1, 0.15) is 15.9 Å². The van der Waals surface area contributed by atoms with Crippen molar-refractivity contribution in [2.24, 2.45) is 5.10 Å². The van der Waals surface area contributed by atoms with Gasteiger partial charge in [-0.05, 0) is 24.6 Å². The average Bonchev–Trinajstić information content (AvgIpc) is 2.80. The highest BCUT2D eigenvalue weighted by Gasteiger charge is 2.30. The van der Waals surface area contributed by atoms with E-state index in [1.807, 2.05) is 0 Å². The highest BCUT2D eigenvalue weighted by atomic mass is 35.5. The van der Waals surface area contributed by atoms with Crippen molar-refractivity contribution in [1.29, 1.82) is 0 Å². The first kappa shape index (κ1) is 26.2. The van der Waals surface area contributed by atoms with Gasteiger partial charge in [0.15, 0.2) is 17.6 Å². The van der Waals surface area contributed by atoms with Gasteiger partial charge in [-0.15, -0.1) is 0 Å². The minimum absolute atomic E-state index is 0.0339. The number of nitrogens with zero attached hydrogens (tertiary/aromatic N) is 4. The van der Waals surface area contributed by atoms with Gasteiger partial charge in [0, 0.05) is 19.3 Å². The van der Waals surface area contributed by atoms with E-state index in [1.165, 1.54) is 18.1 Å². The number of carbonyl (C=O) groups is 2. The summed E-state index contributed by atoms with van der Waals surface area (Å²) in [6.07, 6.45) is -2.79. The van der Waals surface area contributed by atoms with Gasteiger partial charge in [-0.1, -0.05) is 11.6 Å². The molecule has 188 valence electrons. The molecule has 35 heavy (non-hydrogen) atoms. The summed E-state index contributed by atoms with van der Waals surface area (Å²) in [6, 6.07) is 3.19. The lowest BCUT2D eigenvalue weighted by molar-refractivity contribution is -0.153. The maximum Gasteiger partial charge on any atom is 0.422 e. The van der Waals surface area contributed by atoms with E-state index in [1.54, 1.807) is 13.0 Å². The zero-order valence-corrected chi connectivity index (χ0v) is 19.3. The number of amides is 2. The summed E-state index contributed by atoms with van der Waals surface area (Å²) in [7, 11) is 1.31. The van der Waals surface area contributed by atoms with E-state index in [9.17, 15) is 22.8 Å². The van der Waals surface area contributed by atoms with Crippen molar-refractivity contribution in [3.05, 3.63) is 46.5 Å². The van der Waals surface area contributed by atoms with Gasteiger partial charge in [-0.2, -0.15) is 18.3 Å². The summed E-state index contributed by atoms with van der Waals surface area (Å²) in [5.41, 5.74) is -0.178. The number of morpholine rings is 1. The van der Waals surface area contributed by atoms with Gasteiger partial charge in [0.2, 0.25) is 6.41 Å². The number of hydrogen-bond acceptors (Lipinski definition) is 7. The van der Waals surface area contributed by atoms with Gasteiger partial charge in [0.1, 0.15) is 18.2 Å². The number of pyridine rings is 1. The second-order valence-electron chi connectivity index (χ2n) is 7.34. The first-order chi connectivity index (χ1) is 16.5. The van der Waals surface area contributed by atoms with Crippen LogP contribution in [0.15, 0.2) is 29.5 Å². The lowest BCUT2D eigenvalue weighted by atomic mass is 10.1. The second kappa shape index (κ2) is 10.9. The summed E-state index contributed by atoms with van der Waals surface area (Å²) in [5, 5.41) is 7.48. The van der Waals surface area contributed by atoms with Crippen LogP contribution >= 0.6 is 11.6 Å². The fourth-order valence-electron chi connectivity index (χ4n) is 3.07. The minimum Gasteiger partial charge on any atom is -0.483 e. The molecule has 14 heteroatoms. The third-order valence-corrected chi connectivity index (χ3v) is 5.10. The van der Waals surface area contributed by atoms with Gasteiger partial charge in [0.25, 0.3) is 5.91 Å². The molecule has 0 unspecified atom stereocenters. The Hall–Kier alpha value is -3.45. The number of carbonyl (C=O) groups excluding carboxylic acids is 2. The van der Waals surface area contributed by atoms with Crippen LogP contribution in [0.4, 0.5) is 28.9 Å². The fourth-order valence-corrected chi connectivity index (χ4v) is 3.32. The zero-order chi connectivity index (χ0) is 25.8. The Morgan fingerprint density at radius 3 is 2.83 bits per heavy atom. The standard InChI is InChI=1S/C21H20ClF4N5O4/c1-12-3-4-27-19(22)18(12)28-20(33)13-7-14(23)15(8-16(13)35-10-21(24,25)26)30(2)29-17-9-34-6-5-31(17)11-32/h3-4,7-8,11H,5-6,9-10H2,1-2H3,(H,28,33)/b29-17-. The molecule has 9 nitrogen and oxygen atoms in total. The van der Waals surface area contributed by atoms with E-state index in [2.05, 4.69) is 15.4 Å². The number of hydrogen-bond donors (Lipinski definition) is 1. The molecule has 1 aliphatic heterocycles. The van der Waals surface area contributed by atoms with Gasteiger partial charge in [-0.25, -0.2) is 9.37 Å². The van der Waals surface area contributed by atoms with Crippen LogP contribution in [0.3, 0.4) is 0 Å². The van der Waals surface area contributed by atoms with E-state index in [0.29, 0.717) is 12.0 Å². The quantitative estimate of drug-likeness (QED) is 0.261. The van der Waals surface area contributed by atoms with Crippen molar-refractivity contribution >= 4 is 41.1 Å². The van der Waals surface area contributed by atoms with Crippen LogP contribution in [0, 0.1) is 12.7 Å². The van der Waals surface area contributed by atoms with Crippen molar-refractivity contribution in [2.45, 2.75) is 13.1 Å². The predicted molar refractivity (Wildman–Crippen MR) is 119 cm³/mol.